The first-order valence-electron chi connectivity index (χ1n) is 10.2. The second-order valence-electron chi connectivity index (χ2n) is 7.51. The van der Waals surface area contributed by atoms with Crippen LogP contribution in [0.5, 0.6) is 5.75 Å². The molecule has 1 aliphatic heterocycles. The molecule has 4 rings (SSSR count). The zero-order valence-corrected chi connectivity index (χ0v) is 17.2. The fourth-order valence-electron chi connectivity index (χ4n) is 3.38. The van der Waals surface area contributed by atoms with Gasteiger partial charge in [-0.2, -0.15) is 0 Å². The molecule has 32 heavy (non-hydrogen) atoms. The molecule has 0 spiro atoms. The zero-order chi connectivity index (χ0) is 22.5. The van der Waals surface area contributed by atoms with E-state index in [2.05, 4.69) is 17.2 Å². The number of anilines is 1. The molecule has 1 aromatic heterocycles. The van der Waals surface area contributed by atoms with Crippen LogP contribution in [0.15, 0.2) is 70.1 Å². The summed E-state index contributed by atoms with van der Waals surface area (Å²) in [4.78, 5) is 25.5. The number of carbonyl (C=O) groups is 1. The highest BCUT2D eigenvalue weighted by atomic mass is 16.4. The van der Waals surface area contributed by atoms with Crippen LogP contribution >= 0.6 is 0 Å². The van der Waals surface area contributed by atoms with Gasteiger partial charge in [0.2, 0.25) is 11.2 Å². The number of nitrogens with zero attached hydrogens (tertiary/aromatic N) is 1. The average Bonchev–Trinajstić information content (AvgIpc) is 3.25. The van der Waals surface area contributed by atoms with Gasteiger partial charge in [-0.05, 0) is 55.0 Å². The fraction of sp³-hybridized carbons (Fsp3) is 0.200. The summed E-state index contributed by atoms with van der Waals surface area (Å²) in [6, 6.07) is 15.7. The summed E-state index contributed by atoms with van der Waals surface area (Å²) in [7, 11) is 0. The molecule has 1 fully saturated rings. The van der Waals surface area contributed by atoms with Crippen LogP contribution in [0.4, 0.5) is 5.69 Å². The second kappa shape index (κ2) is 9.41. The smallest absolute Gasteiger partial charge is 0.253 e. The topological polar surface area (TPSA) is 103 Å². The molecule has 7 heteroatoms. The van der Waals surface area contributed by atoms with Crippen LogP contribution in [0.2, 0.25) is 0 Å². The number of aromatic hydroxyl groups is 1. The van der Waals surface area contributed by atoms with E-state index in [1.807, 2.05) is 36.4 Å². The number of amides is 1. The van der Waals surface area contributed by atoms with Gasteiger partial charge in [-0.3, -0.25) is 9.59 Å². The summed E-state index contributed by atoms with van der Waals surface area (Å²) >= 11 is 0. The van der Waals surface area contributed by atoms with Gasteiger partial charge in [-0.1, -0.05) is 11.8 Å². The van der Waals surface area contributed by atoms with Crippen molar-refractivity contribution < 1.29 is 19.4 Å². The minimum absolute atomic E-state index is 0.0766. The van der Waals surface area contributed by atoms with E-state index in [9.17, 15) is 19.8 Å². The van der Waals surface area contributed by atoms with E-state index >= 15 is 0 Å². The van der Waals surface area contributed by atoms with Crippen molar-refractivity contribution in [1.82, 2.24) is 4.90 Å². The number of hydrogen-bond donors (Lipinski definition) is 3. The van der Waals surface area contributed by atoms with Gasteiger partial charge in [0.1, 0.15) is 0 Å². The van der Waals surface area contributed by atoms with Gasteiger partial charge in [0.05, 0.1) is 18.9 Å². The Morgan fingerprint density at radius 1 is 1.06 bits per heavy atom. The van der Waals surface area contributed by atoms with Gasteiger partial charge in [0, 0.05) is 41.5 Å². The molecule has 162 valence electrons. The van der Waals surface area contributed by atoms with E-state index in [0.717, 1.165) is 22.9 Å². The lowest BCUT2D eigenvalue weighted by molar-refractivity contribution is 0.0765. The van der Waals surface area contributed by atoms with Crippen molar-refractivity contribution in [2.45, 2.75) is 19.1 Å². The normalized spacial score (nSPS) is 15.2. The van der Waals surface area contributed by atoms with Crippen molar-refractivity contribution >= 4 is 11.6 Å². The Kier molecular flexibility index (Phi) is 6.24. The molecule has 3 aromatic rings. The Balaban J connectivity index is 1.36. The van der Waals surface area contributed by atoms with Crippen LogP contribution in [0.1, 0.15) is 33.7 Å². The molecular weight excluding hydrogens is 408 g/mol. The quantitative estimate of drug-likeness (QED) is 0.550. The Morgan fingerprint density at radius 2 is 1.72 bits per heavy atom. The summed E-state index contributed by atoms with van der Waals surface area (Å²) < 4.78 is 5.16. The standard InChI is InChI=1S/C25H22N2O5/c28-21-11-13-27(16-21)25(31)19-7-3-17(4-8-19)1-2-18-5-9-20(10-6-18)26-15-23-24(30)22(29)12-14-32-23/h3-10,12,14,21,26,28,30H,11,13,15-16H2. The summed E-state index contributed by atoms with van der Waals surface area (Å²) in [6.45, 7) is 1.13. The van der Waals surface area contributed by atoms with Crippen molar-refractivity contribution in [3.8, 4) is 17.6 Å². The van der Waals surface area contributed by atoms with Crippen molar-refractivity contribution in [1.29, 1.82) is 0 Å². The first-order chi connectivity index (χ1) is 15.5. The fourth-order valence-corrected chi connectivity index (χ4v) is 3.38. The molecule has 2 heterocycles. The third kappa shape index (κ3) is 4.99. The van der Waals surface area contributed by atoms with Crippen LogP contribution in [0, 0.1) is 11.8 Å². The van der Waals surface area contributed by atoms with E-state index in [-0.39, 0.29) is 18.2 Å². The van der Waals surface area contributed by atoms with Gasteiger partial charge in [-0.15, -0.1) is 0 Å². The van der Waals surface area contributed by atoms with Gasteiger partial charge >= 0.3 is 0 Å². The maximum Gasteiger partial charge on any atom is 0.253 e. The van der Waals surface area contributed by atoms with Gasteiger partial charge in [0.15, 0.2) is 5.76 Å². The monoisotopic (exact) mass is 430 g/mol. The number of hydrogen-bond acceptors (Lipinski definition) is 6. The Morgan fingerprint density at radius 3 is 2.34 bits per heavy atom. The van der Waals surface area contributed by atoms with Crippen LogP contribution in [-0.4, -0.2) is 40.2 Å². The minimum Gasteiger partial charge on any atom is -0.502 e. The molecule has 0 aliphatic carbocycles. The van der Waals surface area contributed by atoms with Crippen LogP contribution in [-0.2, 0) is 6.54 Å². The largest absolute Gasteiger partial charge is 0.502 e. The molecular formula is C25H22N2O5. The maximum atomic E-state index is 12.4. The highest BCUT2D eigenvalue weighted by Crippen LogP contribution is 2.16. The average molecular weight is 430 g/mol. The Labute approximate surface area is 184 Å². The van der Waals surface area contributed by atoms with Crippen LogP contribution in [0.25, 0.3) is 0 Å². The number of benzene rings is 2. The maximum absolute atomic E-state index is 12.4. The lowest BCUT2D eigenvalue weighted by Crippen LogP contribution is -2.29. The third-order valence-electron chi connectivity index (χ3n) is 5.20. The summed E-state index contributed by atoms with van der Waals surface area (Å²) in [5.74, 6) is 5.86. The second-order valence-corrected chi connectivity index (χ2v) is 7.51. The van der Waals surface area contributed by atoms with Crippen LogP contribution in [0.3, 0.4) is 0 Å². The molecule has 0 bridgehead atoms. The SMILES string of the molecule is O=C(c1ccc(C#Cc2ccc(NCc3occc(=O)c3O)cc2)cc1)N1CCC(O)C1. The molecule has 1 atom stereocenters. The van der Waals surface area contributed by atoms with E-state index in [1.165, 1.54) is 6.26 Å². The molecule has 1 amide bonds. The molecule has 1 aliphatic rings. The number of rotatable bonds is 4. The number of likely N-dealkylation sites (tertiary alicyclic amines) is 1. The van der Waals surface area contributed by atoms with Gasteiger partial charge in [-0.25, -0.2) is 0 Å². The predicted octanol–water partition coefficient (Wildman–Crippen LogP) is 2.56. The van der Waals surface area contributed by atoms with Crippen LogP contribution < -0.4 is 10.7 Å². The first kappa shape index (κ1) is 21.2. The lowest BCUT2D eigenvalue weighted by atomic mass is 10.1. The van der Waals surface area contributed by atoms with E-state index in [0.29, 0.717) is 25.1 Å². The molecule has 0 saturated carbocycles. The highest BCUT2D eigenvalue weighted by Gasteiger charge is 2.25. The summed E-state index contributed by atoms with van der Waals surface area (Å²) in [5, 5.41) is 22.4. The first-order valence-corrected chi connectivity index (χ1v) is 10.2. The highest BCUT2D eigenvalue weighted by molar-refractivity contribution is 5.94. The predicted molar refractivity (Wildman–Crippen MR) is 119 cm³/mol. The third-order valence-corrected chi connectivity index (χ3v) is 5.20. The molecule has 7 nitrogen and oxygen atoms in total. The molecule has 2 aromatic carbocycles. The Hall–Kier alpha value is -4.02. The number of aliphatic hydroxyl groups is 1. The van der Waals surface area contributed by atoms with Crippen molar-refractivity contribution in [3.05, 3.63) is 93.5 Å². The van der Waals surface area contributed by atoms with Gasteiger partial charge in [0.25, 0.3) is 5.91 Å². The summed E-state index contributed by atoms with van der Waals surface area (Å²) in [6.07, 6.45) is 1.43. The number of carbonyl (C=O) groups excluding carboxylic acids is 1. The minimum atomic E-state index is -0.481. The summed E-state index contributed by atoms with van der Waals surface area (Å²) in [5.41, 5.74) is 2.50. The van der Waals surface area contributed by atoms with Gasteiger partial charge < -0.3 is 24.8 Å². The number of nitrogens with one attached hydrogen (secondary N) is 1. The van der Waals surface area contributed by atoms with Crippen molar-refractivity contribution in [2.75, 3.05) is 18.4 Å². The Bertz CT molecular complexity index is 1220. The molecule has 1 saturated heterocycles. The zero-order valence-electron chi connectivity index (χ0n) is 17.2. The number of β-amino-alcohol motifs (C(OH)–C–C–N with tert-alkyl or cyclic N) is 1. The van der Waals surface area contributed by atoms with Crippen molar-refractivity contribution in [2.24, 2.45) is 0 Å². The molecule has 3 N–H and O–H groups in total. The lowest BCUT2D eigenvalue weighted by Gasteiger charge is -2.15. The molecule has 0 radical (unpaired) electrons. The number of aliphatic hydroxyl groups excluding tert-OH is 1. The van der Waals surface area contributed by atoms with E-state index < -0.39 is 17.3 Å². The van der Waals surface area contributed by atoms with E-state index in [4.69, 9.17) is 4.42 Å². The van der Waals surface area contributed by atoms with Crippen molar-refractivity contribution in [3.63, 3.8) is 0 Å². The molecule has 1 unspecified atom stereocenters. The van der Waals surface area contributed by atoms with E-state index in [1.54, 1.807) is 17.0 Å².